The van der Waals surface area contributed by atoms with Crippen LogP contribution in [0.1, 0.15) is 24.0 Å². The molecule has 0 radical (unpaired) electrons. The summed E-state index contributed by atoms with van der Waals surface area (Å²) in [6.45, 7) is 1.57. The number of hydrogen-bond acceptors (Lipinski definition) is 1. The molecule has 5 heteroatoms. The molecule has 1 fully saturated rings. The number of guanidine groups is 1. The molecule has 1 saturated carbocycles. The summed E-state index contributed by atoms with van der Waals surface area (Å²) in [6.07, 6.45) is 5.15. The monoisotopic (exact) mass is 364 g/mol. The molecule has 0 unspecified atom stereocenters. The van der Waals surface area contributed by atoms with Gasteiger partial charge in [-0.25, -0.2) is 4.39 Å². The van der Waals surface area contributed by atoms with Crippen LogP contribution in [0.15, 0.2) is 59.7 Å². The molecule has 0 aliphatic heterocycles. The van der Waals surface area contributed by atoms with Crippen molar-refractivity contribution in [1.82, 2.24) is 15.6 Å². The van der Waals surface area contributed by atoms with Crippen LogP contribution in [0.2, 0.25) is 0 Å². The minimum Gasteiger partial charge on any atom is -0.361 e. The fraction of sp³-hybridized carbons (Fsp3) is 0.318. The summed E-state index contributed by atoms with van der Waals surface area (Å²) in [6, 6.07) is 15.3. The molecule has 0 amide bonds. The highest BCUT2D eigenvalue weighted by molar-refractivity contribution is 5.83. The molecule has 4 rings (SSSR count). The van der Waals surface area contributed by atoms with Crippen LogP contribution in [0, 0.1) is 5.82 Å². The Labute approximate surface area is 158 Å². The van der Waals surface area contributed by atoms with Crippen LogP contribution in [-0.2, 0) is 11.8 Å². The van der Waals surface area contributed by atoms with Gasteiger partial charge in [0.1, 0.15) is 5.82 Å². The number of nitrogens with zero attached hydrogens (tertiary/aromatic N) is 1. The zero-order valence-corrected chi connectivity index (χ0v) is 15.6. The molecule has 0 saturated heterocycles. The number of fused-ring (bicyclic) bond motifs is 1. The summed E-state index contributed by atoms with van der Waals surface area (Å²) in [5, 5.41) is 8.07. The number of nitrogens with one attached hydrogen (secondary N) is 3. The third kappa shape index (κ3) is 3.82. The van der Waals surface area contributed by atoms with Crippen molar-refractivity contribution in [2.24, 2.45) is 4.99 Å². The van der Waals surface area contributed by atoms with Gasteiger partial charge in [0, 0.05) is 42.7 Å². The number of hydrogen-bond donors (Lipinski definition) is 3. The maximum Gasteiger partial charge on any atom is 0.191 e. The molecule has 1 aliphatic carbocycles. The molecule has 3 N–H and O–H groups in total. The third-order valence-corrected chi connectivity index (χ3v) is 5.47. The van der Waals surface area contributed by atoms with Gasteiger partial charge in [-0.15, -0.1) is 0 Å². The SMILES string of the molecule is CN=C(NCCc1c[nH]c2ccccc12)NCC1(c2cccc(F)c2)CC1. The molecule has 0 spiro atoms. The lowest BCUT2D eigenvalue weighted by molar-refractivity contribution is 0.607. The van der Waals surface area contributed by atoms with Crippen molar-refractivity contribution in [2.45, 2.75) is 24.7 Å². The van der Waals surface area contributed by atoms with Gasteiger partial charge in [-0.05, 0) is 48.6 Å². The van der Waals surface area contributed by atoms with Crippen LogP contribution >= 0.6 is 0 Å². The number of benzene rings is 2. The summed E-state index contributed by atoms with van der Waals surface area (Å²) in [5.41, 5.74) is 3.58. The van der Waals surface area contributed by atoms with E-state index in [2.05, 4.69) is 45.0 Å². The van der Waals surface area contributed by atoms with E-state index in [1.807, 2.05) is 12.1 Å². The normalized spacial score (nSPS) is 15.7. The molecule has 1 aromatic heterocycles. The standard InChI is InChI=1S/C22H25FN4/c1-24-21(25-12-9-16-14-26-20-8-3-2-7-19(16)20)27-15-22(10-11-22)17-5-4-6-18(23)13-17/h2-8,13-14,26H,9-12,15H2,1H3,(H2,24,25,27). The number of H-pyrrole nitrogens is 1. The smallest absolute Gasteiger partial charge is 0.191 e. The van der Waals surface area contributed by atoms with E-state index in [9.17, 15) is 4.39 Å². The first-order chi connectivity index (χ1) is 13.2. The quantitative estimate of drug-likeness (QED) is 0.461. The number of para-hydroxylation sites is 1. The number of aliphatic imine (C=N–C) groups is 1. The zero-order valence-electron chi connectivity index (χ0n) is 15.6. The van der Waals surface area contributed by atoms with Gasteiger partial charge in [0.05, 0.1) is 0 Å². The molecule has 3 aromatic rings. The fourth-order valence-electron chi connectivity index (χ4n) is 3.66. The maximum atomic E-state index is 13.5. The molecule has 4 nitrogen and oxygen atoms in total. The number of aromatic amines is 1. The van der Waals surface area contributed by atoms with E-state index in [-0.39, 0.29) is 11.2 Å². The van der Waals surface area contributed by atoms with Gasteiger partial charge >= 0.3 is 0 Å². The molecule has 0 atom stereocenters. The number of aromatic nitrogens is 1. The Morgan fingerprint density at radius 2 is 2.00 bits per heavy atom. The van der Waals surface area contributed by atoms with E-state index in [4.69, 9.17) is 0 Å². The minimum atomic E-state index is -0.167. The van der Waals surface area contributed by atoms with Crippen molar-refractivity contribution >= 4 is 16.9 Å². The van der Waals surface area contributed by atoms with Crippen LogP contribution in [0.5, 0.6) is 0 Å². The highest BCUT2D eigenvalue weighted by Crippen LogP contribution is 2.47. The molecular formula is C22H25FN4. The summed E-state index contributed by atoms with van der Waals surface area (Å²) in [4.78, 5) is 7.64. The van der Waals surface area contributed by atoms with E-state index < -0.39 is 0 Å². The van der Waals surface area contributed by atoms with Gasteiger partial charge in [0.15, 0.2) is 5.96 Å². The average molecular weight is 364 g/mol. The number of halogens is 1. The Hall–Kier alpha value is -2.82. The summed E-state index contributed by atoms with van der Waals surface area (Å²) < 4.78 is 13.5. The molecule has 0 bridgehead atoms. The predicted octanol–water partition coefficient (Wildman–Crippen LogP) is 3.75. The third-order valence-electron chi connectivity index (χ3n) is 5.47. The molecule has 140 valence electrons. The summed E-state index contributed by atoms with van der Waals surface area (Å²) in [7, 11) is 1.78. The van der Waals surface area contributed by atoms with Crippen LogP contribution in [0.25, 0.3) is 10.9 Å². The number of rotatable bonds is 6. The Bertz CT molecular complexity index is 956. The van der Waals surface area contributed by atoms with Crippen LogP contribution in [0.3, 0.4) is 0 Å². The van der Waals surface area contributed by atoms with Crippen LogP contribution < -0.4 is 10.6 Å². The second-order valence-electron chi connectivity index (χ2n) is 7.25. The van der Waals surface area contributed by atoms with E-state index in [0.29, 0.717) is 0 Å². The second kappa shape index (κ2) is 7.43. The van der Waals surface area contributed by atoms with E-state index in [0.717, 1.165) is 43.9 Å². The zero-order chi connectivity index (χ0) is 18.7. The Kier molecular flexibility index (Phi) is 4.84. The van der Waals surface area contributed by atoms with Crippen molar-refractivity contribution in [2.75, 3.05) is 20.1 Å². The largest absolute Gasteiger partial charge is 0.361 e. The van der Waals surface area contributed by atoms with Gasteiger partial charge in [0.2, 0.25) is 0 Å². The highest BCUT2D eigenvalue weighted by Gasteiger charge is 2.44. The van der Waals surface area contributed by atoms with Crippen molar-refractivity contribution in [1.29, 1.82) is 0 Å². The van der Waals surface area contributed by atoms with Crippen molar-refractivity contribution in [3.8, 4) is 0 Å². The van der Waals surface area contributed by atoms with Crippen molar-refractivity contribution in [3.63, 3.8) is 0 Å². The Morgan fingerprint density at radius 1 is 1.15 bits per heavy atom. The summed E-state index contributed by atoms with van der Waals surface area (Å²) in [5.74, 6) is 0.623. The van der Waals surface area contributed by atoms with Crippen LogP contribution in [-0.4, -0.2) is 31.1 Å². The van der Waals surface area contributed by atoms with E-state index >= 15 is 0 Å². The van der Waals surface area contributed by atoms with E-state index in [1.165, 1.54) is 22.5 Å². The van der Waals surface area contributed by atoms with Gasteiger partial charge < -0.3 is 15.6 Å². The lowest BCUT2D eigenvalue weighted by Crippen LogP contribution is -2.42. The lowest BCUT2D eigenvalue weighted by atomic mass is 9.96. The fourth-order valence-corrected chi connectivity index (χ4v) is 3.66. The van der Waals surface area contributed by atoms with Gasteiger partial charge in [-0.1, -0.05) is 30.3 Å². The van der Waals surface area contributed by atoms with Gasteiger partial charge in [-0.2, -0.15) is 0 Å². The van der Waals surface area contributed by atoms with Crippen LogP contribution in [0.4, 0.5) is 4.39 Å². The Morgan fingerprint density at radius 3 is 2.78 bits per heavy atom. The maximum absolute atomic E-state index is 13.5. The van der Waals surface area contributed by atoms with Gasteiger partial charge in [-0.3, -0.25) is 4.99 Å². The van der Waals surface area contributed by atoms with Gasteiger partial charge in [0.25, 0.3) is 0 Å². The topological polar surface area (TPSA) is 52.2 Å². The molecular weight excluding hydrogens is 339 g/mol. The molecule has 27 heavy (non-hydrogen) atoms. The van der Waals surface area contributed by atoms with Crippen molar-refractivity contribution in [3.05, 3.63) is 71.7 Å². The second-order valence-corrected chi connectivity index (χ2v) is 7.25. The predicted molar refractivity (Wildman–Crippen MR) is 109 cm³/mol. The summed E-state index contributed by atoms with van der Waals surface area (Å²) >= 11 is 0. The first kappa shape index (κ1) is 17.6. The molecule has 1 aliphatic rings. The van der Waals surface area contributed by atoms with E-state index in [1.54, 1.807) is 19.2 Å². The minimum absolute atomic E-state index is 0.0383. The molecule has 2 aromatic carbocycles. The highest BCUT2D eigenvalue weighted by atomic mass is 19.1. The Balaban J connectivity index is 1.31. The van der Waals surface area contributed by atoms with Crippen molar-refractivity contribution < 1.29 is 4.39 Å². The lowest BCUT2D eigenvalue weighted by Gasteiger charge is -2.19. The first-order valence-corrected chi connectivity index (χ1v) is 9.46. The first-order valence-electron chi connectivity index (χ1n) is 9.46. The average Bonchev–Trinajstić information content (AvgIpc) is 3.38. The molecule has 1 heterocycles.